The van der Waals surface area contributed by atoms with Crippen LogP contribution in [0.3, 0.4) is 0 Å². The Morgan fingerprint density at radius 1 is 1.04 bits per heavy atom. The van der Waals surface area contributed by atoms with Crippen LogP contribution in [0.25, 0.3) is 0 Å². The summed E-state index contributed by atoms with van der Waals surface area (Å²) in [5.41, 5.74) is 0.269. The second-order valence-corrected chi connectivity index (χ2v) is 8.65. The molecule has 2 rings (SSSR count). The summed E-state index contributed by atoms with van der Waals surface area (Å²) in [7, 11) is -3.94. The molecule has 0 aliphatic carbocycles. The second kappa shape index (κ2) is 8.56. The van der Waals surface area contributed by atoms with Crippen LogP contribution in [0.4, 0.5) is 5.69 Å². The van der Waals surface area contributed by atoms with Crippen molar-refractivity contribution in [2.45, 2.75) is 31.7 Å². The maximum Gasteiger partial charge on any atom is 0.264 e. The summed E-state index contributed by atoms with van der Waals surface area (Å²) in [4.78, 5) is 12.6. The van der Waals surface area contributed by atoms with Crippen LogP contribution in [0, 0.1) is 5.92 Å². The molecule has 5 nitrogen and oxygen atoms in total. The molecular formula is C19H23ClN2O3S. The van der Waals surface area contributed by atoms with E-state index in [1.54, 1.807) is 42.5 Å². The van der Waals surface area contributed by atoms with Gasteiger partial charge in [-0.3, -0.25) is 9.10 Å². The van der Waals surface area contributed by atoms with Crippen LogP contribution in [-0.2, 0) is 14.8 Å². The number of benzene rings is 2. The number of para-hydroxylation sites is 1. The summed E-state index contributed by atoms with van der Waals surface area (Å²) in [5.74, 6) is -0.149. The molecule has 7 heteroatoms. The van der Waals surface area contributed by atoms with Gasteiger partial charge in [0.2, 0.25) is 5.91 Å². The van der Waals surface area contributed by atoms with Crippen LogP contribution in [-0.4, -0.2) is 26.9 Å². The second-order valence-electron chi connectivity index (χ2n) is 6.38. The van der Waals surface area contributed by atoms with Crippen LogP contribution < -0.4 is 9.62 Å². The molecule has 0 fully saturated rings. The fourth-order valence-corrected chi connectivity index (χ4v) is 4.02. The maximum absolute atomic E-state index is 13.1. The van der Waals surface area contributed by atoms with Gasteiger partial charge in [0.15, 0.2) is 0 Å². The Kier molecular flexibility index (Phi) is 6.67. The van der Waals surface area contributed by atoms with Gasteiger partial charge in [-0.15, -0.1) is 0 Å². The normalized spacial score (nSPS) is 12.7. The largest absolute Gasteiger partial charge is 0.352 e. The molecule has 1 atom stereocenters. The van der Waals surface area contributed by atoms with Gasteiger partial charge in [-0.25, -0.2) is 8.42 Å². The molecule has 2 aromatic rings. The average molecular weight is 395 g/mol. The van der Waals surface area contributed by atoms with Crippen molar-refractivity contribution in [1.82, 2.24) is 5.32 Å². The van der Waals surface area contributed by atoms with E-state index in [0.29, 0.717) is 0 Å². The highest BCUT2D eigenvalue weighted by Gasteiger charge is 2.29. The summed E-state index contributed by atoms with van der Waals surface area (Å²) in [6.07, 6.45) is 0. The van der Waals surface area contributed by atoms with Gasteiger partial charge in [0.1, 0.15) is 6.54 Å². The molecule has 0 radical (unpaired) electrons. The topological polar surface area (TPSA) is 66.5 Å². The van der Waals surface area contributed by atoms with Crippen molar-refractivity contribution in [3.8, 4) is 0 Å². The van der Waals surface area contributed by atoms with E-state index in [4.69, 9.17) is 11.6 Å². The van der Waals surface area contributed by atoms with Crippen molar-refractivity contribution in [2.24, 2.45) is 5.92 Å². The molecular weight excluding hydrogens is 372 g/mol. The Hall–Kier alpha value is -2.05. The number of carbonyl (C=O) groups excluding carboxylic acids is 1. The molecule has 26 heavy (non-hydrogen) atoms. The molecule has 0 bridgehead atoms. The molecule has 0 saturated carbocycles. The van der Waals surface area contributed by atoms with E-state index in [2.05, 4.69) is 5.32 Å². The van der Waals surface area contributed by atoms with Crippen molar-refractivity contribution in [1.29, 1.82) is 0 Å². The zero-order chi connectivity index (χ0) is 19.3. The highest BCUT2D eigenvalue weighted by Crippen LogP contribution is 2.30. The molecule has 140 valence electrons. The van der Waals surface area contributed by atoms with Gasteiger partial charge < -0.3 is 5.32 Å². The number of hydrogen-bond acceptors (Lipinski definition) is 3. The standard InChI is InChI=1S/C19H23ClN2O3S/c1-14(2)15(3)21-19(23)13-22(18-12-8-7-11-17(18)20)26(24,25)16-9-5-4-6-10-16/h4-12,14-15H,13H2,1-3H3,(H,21,23)/t15-/m0/s1. The molecule has 0 saturated heterocycles. The Morgan fingerprint density at radius 3 is 2.19 bits per heavy atom. The first-order chi connectivity index (χ1) is 12.2. The van der Waals surface area contributed by atoms with E-state index in [1.807, 2.05) is 20.8 Å². The lowest BCUT2D eigenvalue weighted by molar-refractivity contribution is -0.120. The van der Waals surface area contributed by atoms with Gasteiger partial charge in [-0.05, 0) is 37.1 Å². The van der Waals surface area contributed by atoms with Crippen molar-refractivity contribution >= 4 is 33.2 Å². The molecule has 0 aromatic heterocycles. The molecule has 1 amide bonds. The Morgan fingerprint density at radius 2 is 1.62 bits per heavy atom. The van der Waals surface area contributed by atoms with Gasteiger partial charge >= 0.3 is 0 Å². The number of carbonyl (C=O) groups is 1. The van der Waals surface area contributed by atoms with Crippen LogP contribution in [0.5, 0.6) is 0 Å². The Balaban J connectivity index is 2.41. The highest BCUT2D eigenvalue weighted by atomic mass is 35.5. The third-order valence-corrected chi connectivity index (χ3v) is 6.22. The van der Waals surface area contributed by atoms with E-state index >= 15 is 0 Å². The molecule has 2 aromatic carbocycles. The SMILES string of the molecule is CC(C)[C@H](C)NC(=O)CN(c1ccccc1Cl)S(=O)(=O)c1ccccc1. The number of nitrogens with zero attached hydrogens (tertiary/aromatic N) is 1. The summed E-state index contributed by atoms with van der Waals surface area (Å²) in [6.45, 7) is 5.50. The zero-order valence-corrected chi connectivity index (χ0v) is 16.6. The monoisotopic (exact) mass is 394 g/mol. The highest BCUT2D eigenvalue weighted by molar-refractivity contribution is 7.92. The van der Waals surface area contributed by atoms with E-state index in [0.717, 1.165) is 4.31 Å². The van der Waals surface area contributed by atoms with Gasteiger partial charge in [-0.1, -0.05) is 55.8 Å². The van der Waals surface area contributed by atoms with Gasteiger partial charge in [0.25, 0.3) is 10.0 Å². The van der Waals surface area contributed by atoms with E-state index in [1.165, 1.54) is 12.1 Å². The minimum atomic E-state index is -3.94. The van der Waals surface area contributed by atoms with Crippen molar-refractivity contribution < 1.29 is 13.2 Å². The molecule has 0 aliphatic heterocycles. The lowest BCUT2D eigenvalue weighted by Crippen LogP contribution is -2.45. The van der Waals surface area contributed by atoms with Gasteiger partial charge in [-0.2, -0.15) is 0 Å². The third-order valence-electron chi connectivity index (χ3n) is 4.13. The number of hydrogen-bond donors (Lipinski definition) is 1. The minimum absolute atomic E-state index is 0.0741. The van der Waals surface area contributed by atoms with E-state index < -0.39 is 10.0 Å². The quantitative estimate of drug-likeness (QED) is 0.778. The number of sulfonamides is 1. The van der Waals surface area contributed by atoms with Crippen molar-refractivity contribution in [3.63, 3.8) is 0 Å². The maximum atomic E-state index is 13.1. The first-order valence-corrected chi connectivity index (χ1v) is 10.2. The number of amides is 1. The minimum Gasteiger partial charge on any atom is -0.352 e. The van der Waals surface area contributed by atoms with Crippen molar-refractivity contribution in [2.75, 3.05) is 10.8 Å². The van der Waals surface area contributed by atoms with Crippen LogP contribution >= 0.6 is 11.6 Å². The predicted octanol–water partition coefficient (Wildman–Crippen LogP) is 3.70. The number of halogens is 1. The van der Waals surface area contributed by atoms with Crippen LogP contribution in [0.15, 0.2) is 59.5 Å². The lowest BCUT2D eigenvalue weighted by atomic mass is 10.1. The summed E-state index contributed by atoms with van der Waals surface area (Å²) >= 11 is 6.21. The van der Waals surface area contributed by atoms with Gasteiger partial charge in [0.05, 0.1) is 15.6 Å². The first kappa shape index (κ1) is 20.3. The van der Waals surface area contributed by atoms with Crippen LogP contribution in [0.1, 0.15) is 20.8 Å². The number of anilines is 1. The van der Waals surface area contributed by atoms with Crippen molar-refractivity contribution in [3.05, 3.63) is 59.6 Å². The Bertz CT molecular complexity index is 854. The van der Waals surface area contributed by atoms with E-state index in [-0.39, 0.29) is 40.0 Å². The summed E-state index contributed by atoms with van der Waals surface area (Å²) in [5, 5.41) is 3.10. The average Bonchev–Trinajstić information content (AvgIpc) is 2.61. The smallest absolute Gasteiger partial charge is 0.264 e. The first-order valence-electron chi connectivity index (χ1n) is 8.35. The zero-order valence-electron chi connectivity index (χ0n) is 15.0. The molecule has 0 unspecified atom stereocenters. The number of rotatable bonds is 7. The lowest BCUT2D eigenvalue weighted by Gasteiger charge is -2.26. The number of nitrogens with one attached hydrogen (secondary N) is 1. The molecule has 0 spiro atoms. The Labute approximate surface area is 160 Å². The van der Waals surface area contributed by atoms with E-state index in [9.17, 15) is 13.2 Å². The summed E-state index contributed by atoms with van der Waals surface area (Å²) in [6, 6.07) is 14.5. The molecule has 1 N–H and O–H groups in total. The fraction of sp³-hybridized carbons (Fsp3) is 0.316. The van der Waals surface area contributed by atoms with Crippen LogP contribution in [0.2, 0.25) is 5.02 Å². The summed E-state index contributed by atoms with van der Waals surface area (Å²) < 4.78 is 27.3. The molecule has 0 aliphatic rings. The predicted molar refractivity (Wildman–Crippen MR) is 105 cm³/mol. The third kappa shape index (κ3) is 4.77. The fourth-order valence-electron chi connectivity index (χ4n) is 2.27. The van der Waals surface area contributed by atoms with Gasteiger partial charge in [0, 0.05) is 6.04 Å². The molecule has 0 heterocycles.